The third-order valence-corrected chi connectivity index (χ3v) is 11.1. The average Bonchev–Trinajstić information content (AvgIpc) is 3.07. The van der Waals surface area contributed by atoms with Gasteiger partial charge in [0.1, 0.15) is 6.10 Å². The number of hydrogen-bond donors (Lipinski definition) is 0. The second-order valence-electron chi connectivity index (χ2n) is 9.11. The Morgan fingerprint density at radius 3 is 2.03 bits per heavy atom. The highest BCUT2D eigenvalue weighted by atomic mass is 28.4. The monoisotopic (exact) mass is 410 g/mol. The number of esters is 1. The van der Waals surface area contributed by atoms with Crippen molar-refractivity contribution >= 4 is 24.7 Å². The Balaban J connectivity index is 1.97. The zero-order valence-corrected chi connectivity index (χ0v) is 19.2. The molecule has 29 heavy (non-hydrogen) atoms. The highest BCUT2D eigenvalue weighted by molar-refractivity contribution is 6.99. The first-order chi connectivity index (χ1) is 13.9. The number of rotatable bonds is 8. The van der Waals surface area contributed by atoms with Crippen LogP contribution in [0.1, 0.15) is 53.4 Å². The number of hydrogen-bond acceptors (Lipinski definition) is 3. The number of benzene rings is 2. The predicted molar refractivity (Wildman–Crippen MR) is 121 cm³/mol. The summed E-state index contributed by atoms with van der Waals surface area (Å²) in [6.45, 7) is 9.47. The highest BCUT2D eigenvalue weighted by Crippen LogP contribution is 2.38. The molecule has 0 saturated carbocycles. The molecule has 1 heterocycles. The second kappa shape index (κ2) is 9.27. The van der Waals surface area contributed by atoms with Gasteiger partial charge in [-0.05, 0) is 21.8 Å². The topological polar surface area (TPSA) is 35.5 Å². The number of unbranched alkanes of at least 4 members (excludes halogenated alkanes) is 1. The molecule has 156 valence electrons. The summed E-state index contributed by atoms with van der Waals surface area (Å²) >= 11 is 0. The van der Waals surface area contributed by atoms with Crippen LogP contribution in [0.3, 0.4) is 0 Å². The normalized spacial score (nSPS) is 19.9. The van der Waals surface area contributed by atoms with Crippen LogP contribution in [0.2, 0.25) is 5.04 Å². The largest absolute Gasteiger partial charge is 0.460 e. The van der Waals surface area contributed by atoms with Crippen LogP contribution in [0.4, 0.5) is 0 Å². The SMILES string of the molecule is CCCC[C@H]1CC(=O)O[C@@H]1CO[Si](c1ccccc1)(c1ccccc1)C(C)(C)C. The van der Waals surface area contributed by atoms with Crippen LogP contribution in [0.5, 0.6) is 0 Å². The summed E-state index contributed by atoms with van der Waals surface area (Å²) in [5.41, 5.74) is 0. The summed E-state index contributed by atoms with van der Waals surface area (Å²) in [6.07, 6.45) is 3.66. The fourth-order valence-corrected chi connectivity index (χ4v) is 9.12. The van der Waals surface area contributed by atoms with Gasteiger partial charge in [-0.2, -0.15) is 0 Å². The third kappa shape index (κ3) is 4.64. The average molecular weight is 411 g/mol. The summed E-state index contributed by atoms with van der Waals surface area (Å²) in [5.74, 6) is 0.183. The van der Waals surface area contributed by atoms with E-state index in [1.165, 1.54) is 10.4 Å². The van der Waals surface area contributed by atoms with Gasteiger partial charge in [-0.3, -0.25) is 4.79 Å². The molecule has 3 rings (SSSR count). The molecule has 2 aromatic rings. The Hall–Kier alpha value is -1.91. The van der Waals surface area contributed by atoms with Crippen LogP contribution >= 0.6 is 0 Å². The van der Waals surface area contributed by atoms with E-state index in [1.807, 2.05) is 0 Å². The first-order valence-electron chi connectivity index (χ1n) is 10.8. The van der Waals surface area contributed by atoms with Crippen molar-refractivity contribution in [1.82, 2.24) is 0 Å². The summed E-state index contributed by atoms with van der Waals surface area (Å²) in [7, 11) is -2.59. The molecule has 2 aromatic carbocycles. The van der Waals surface area contributed by atoms with Gasteiger partial charge in [0.2, 0.25) is 0 Å². The molecule has 0 amide bonds. The van der Waals surface area contributed by atoms with Crippen molar-refractivity contribution in [3.63, 3.8) is 0 Å². The van der Waals surface area contributed by atoms with Gasteiger partial charge >= 0.3 is 5.97 Å². The van der Waals surface area contributed by atoms with Gasteiger partial charge in [0.25, 0.3) is 8.32 Å². The van der Waals surface area contributed by atoms with E-state index in [9.17, 15) is 4.79 Å². The van der Waals surface area contributed by atoms with Gasteiger partial charge in [-0.15, -0.1) is 0 Å². The summed E-state index contributed by atoms with van der Waals surface area (Å²) < 4.78 is 12.7. The van der Waals surface area contributed by atoms with Crippen LogP contribution in [0.15, 0.2) is 60.7 Å². The van der Waals surface area contributed by atoms with Gasteiger partial charge in [-0.25, -0.2) is 0 Å². The molecule has 2 atom stereocenters. The molecule has 1 aliphatic rings. The maximum absolute atomic E-state index is 12.0. The highest BCUT2D eigenvalue weighted by Gasteiger charge is 2.51. The molecule has 0 unspecified atom stereocenters. The molecule has 1 aliphatic heterocycles. The minimum Gasteiger partial charge on any atom is -0.460 e. The molecule has 1 saturated heterocycles. The van der Waals surface area contributed by atoms with Crippen molar-refractivity contribution < 1.29 is 14.0 Å². The summed E-state index contributed by atoms with van der Waals surface area (Å²) in [5, 5.41) is 2.44. The lowest BCUT2D eigenvalue weighted by molar-refractivity contribution is -0.142. The lowest BCUT2D eigenvalue weighted by atomic mass is 9.95. The molecule has 0 spiro atoms. The molecule has 0 bridgehead atoms. The van der Waals surface area contributed by atoms with Gasteiger partial charge in [0.15, 0.2) is 0 Å². The molecule has 0 aliphatic carbocycles. The Labute approximate surface area is 176 Å². The number of carbonyl (C=O) groups is 1. The van der Waals surface area contributed by atoms with Crippen molar-refractivity contribution in [3.8, 4) is 0 Å². The van der Waals surface area contributed by atoms with Crippen LogP contribution in [-0.4, -0.2) is 27.0 Å². The molecular weight excluding hydrogens is 376 g/mol. The van der Waals surface area contributed by atoms with E-state index in [0.717, 1.165) is 19.3 Å². The Morgan fingerprint density at radius 2 is 1.55 bits per heavy atom. The molecule has 1 fully saturated rings. The predicted octanol–water partition coefficient (Wildman–Crippen LogP) is 4.68. The van der Waals surface area contributed by atoms with Crippen LogP contribution < -0.4 is 10.4 Å². The van der Waals surface area contributed by atoms with Gasteiger partial charge < -0.3 is 9.16 Å². The molecular formula is C25H34O3Si. The zero-order valence-electron chi connectivity index (χ0n) is 18.2. The maximum Gasteiger partial charge on any atom is 0.306 e. The smallest absolute Gasteiger partial charge is 0.306 e. The second-order valence-corrected chi connectivity index (χ2v) is 13.4. The van der Waals surface area contributed by atoms with E-state index >= 15 is 0 Å². The number of ether oxygens (including phenoxy) is 1. The van der Waals surface area contributed by atoms with E-state index in [-0.39, 0.29) is 23.0 Å². The number of carbonyl (C=O) groups excluding carboxylic acids is 1. The molecule has 4 heteroatoms. The quantitative estimate of drug-likeness (QED) is 0.468. The minimum atomic E-state index is -2.59. The van der Waals surface area contributed by atoms with E-state index < -0.39 is 8.32 Å². The first-order valence-corrected chi connectivity index (χ1v) is 12.7. The van der Waals surface area contributed by atoms with E-state index in [4.69, 9.17) is 9.16 Å². The lowest BCUT2D eigenvalue weighted by Gasteiger charge is -2.43. The Morgan fingerprint density at radius 1 is 1.00 bits per heavy atom. The van der Waals surface area contributed by atoms with Crippen molar-refractivity contribution in [2.24, 2.45) is 5.92 Å². The van der Waals surface area contributed by atoms with E-state index in [1.54, 1.807) is 0 Å². The van der Waals surface area contributed by atoms with Crippen LogP contribution in [0, 0.1) is 5.92 Å². The van der Waals surface area contributed by atoms with Crippen molar-refractivity contribution in [3.05, 3.63) is 60.7 Å². The fraction of sp³-hybridized carbons (Fsp3) is 0.480. The van der Waals surface area contributed by atoms with Crippen molar-refractivity contribution in [2.75, 3.05) is 6.61 Å². The molecule has 3 nitrogen and oxygen atoms in total. The Kier molecular flexibility index (Phi) is 6.96. The Bertz CT molecular complexity index is 743. The first kappa shape index (κ1) is 21.8. The zero-order chi connectivity index (χ0) is 20.9. The molecule has 0 N–H and O–H groups in total. The van der Waals surface area contributed by atoms with E-state index in [2.05, 4.69) is 88.4 Å². The summed E-state index contributed by atoms with van der Waals surface area (Å²) in [4.78, 5) is 12.0. The molecule has 0 radical (unpaired) electrons. The van der Waals surface area contributed by atoms with Gasteiger partial charge in [0.05, 0.1) is 13.0 Å². The molecule has 0 aromatic heterocycles. The van der Waals surface area contributed by atoms with E-state index in [0.29, 0.717) is 13.0 Å². The third-order valence-electron chi connectivity index (χ3n) is 6.05. The standard InChI is InChI=1S/C25H34O3Si/c1-5-6-13-20-18-24(26)28-23(20)19-27-29(25(2,3)4,21-14-9-7-10-15-21)22-16-11-8-12-17-22/h7-12,14-17,20,23H,5-6,13,18-19H2,1-4H3/t20-,23+/m0/s1. The fourth-order valence-electron chi connectivity index (χ4n) is 4.55. The van der Waals surface area contributed by atoms with Crippen molar-refractivity contribution in [1.29, 1.82) is 0 Å². The van der Waals surface area contributed by atoms with Crippen LogP contribution in [-0.2, 0) is 14.0 Å². The minimum absolute atomic E-state index is 0.0722. The lowest BCUT2D eigenvalue weighted by Crippen LogP contribution is -2.67. The van der Waals surface area contributed by atoms with Crippen LogP contribution in [0.25, 0.3) is 0 Å². The van der Waals surface area contributed by atoms with Gasteiger partial charge in [-0.1, -0.05) is 101 Å². The maximum atomic E-state index is 12.0. The van der Waals surface area contributed by atoms with Crippen molar-refractivity contribution in [2.45, 2.75) is 64.5 Å². The van der Waals surface area contributed by atoms with Gasteiger partial charge in [0, 0.05) is 5.92 Å². The summed E-state index contributed by atoms with van der Waals surface area (Å²) in [6, 6.07) is 21.2. The number of cyclic esters (lactones) is 1.